The number of carboxylic acid groups (broad SMARTS) is 1. The lowest BCUT2D eigenvalue weighted by Gasteiger charge is -2.38. The number of aliphatic carboxylic acids is 1. The highest BCUT2D eigenvalue weighted by Crippen LogP contribution is 2.30. The monoisotopic (exact) mass is 703 g/mol. The summed E-state index contributed by atoms with van der Waals surface area (Å²) < 4.78 is 17.1. The molecule has 1 aromatic rings. The van der Waals surface area contributed by atoms with Crippen molar-refractivity contribution < 1.29 is 58.6 Å². The Kier molecular flexibility index (Phi) is 16.2. The SMILES string of the molecule is CCC(=O)C(C)(C)COCc1ccc(CCCCCCCC(=O)CCCCCN2C(=O)C=CC2=O)cc1O[C@@H]1O[C@H](C(=O)O)[C@@H](O)[C@H](O)[C@H]1O. The van der Waals surface area contributed by atoms with E-state index in [1.165, 1.54) is 17.1 Å². The van der Waals surface area contributed by atoms with Crippen LogP contribution >= 0.6 is 0 Å². The van der Waals surface area contributed by atoms with Crippen molar-refractivity contribution in [2.45, 2.75) is 135 Å². The first-order valence-corrected chi connectivity index (χ1v) is 17.6. The van der Waals surface area contributed by atoms with Crippen LogP contribution in [-0.4, -0.2) is 98.5 Å². The van der Waals surface area contributed by atoms with Gasteiger partial charge in [-0.3, -0.25) is 24.1 Å². The molecule has 2 aliphatic rings. The van der Waals surface area contributed by atoms with Gasteiger partial charge in [0.15, 0.2) is 6.10 Å². The van der Waals surface area contributed by atoms with Crippen LogP contribution in [0, 0.1) is 5.41 Å². The molecule has 13 heteroatoms. The lowest BCUT2D eigenvalue weighted by atomic mass is 9.88. The van der Waals surface area contributed by atoms with Crippen molar-refractivity contribution in [3.05, 3.63) is 41.5 Å². The summed E-state index contributed by atoms with van der Waals surface area (Å²) in [5, 5.41) is 40.3. The molecule has 4 N–H and O–H groups in total. The minimum atomic E-state index is -1.84. The van der Waals surface area contributed by atoms with Crippen molar-refractivity contribution in [2.24, 2.45) is 5.41 Å². The van der Waals surface area contributed by atoms with Crippen molar-refractivity contribution in [2.75, 3.05) is 13.2 Å². The molecule has 0 spiro atoms. The van der Waals surface area contributed by atoms with E-state index in [0.717, 1.165) is 50.5 Å². The number of carbonyl (C=O) groups is 5. The molecule has 0 aromatic heterocycles. The van der Waals surface area contributed by atoms with Gasteiger partial charge in [0.1, 0.15) is 35.6 Å². The van der Waals surface area contributed by atoms with Crippen LogP contribution in [0.1, 0.15) is 103 Å². The number of ether oxygens (including phenoxy) is 3. The third-order valence-electron chi connectivity index (χ3n) is 9.14. The molecule has 3 rings (SSSR count). The smallest absolute Gasteiger partial charge is 0.335 e. The summed E-state index contributed by atoms with van der Waals surface area (Å²) in [6, 6.07) is 5.46. The zero-order valence-electron chi connectivity index (χ0n) is 29.4. The van der Waals surface area contributed by atoms with E-state index in [2.05, 4.69) is 0 Å². The Hall–Kier alpha value is -3.49. The Balaban J connectivity index is 1.45. The molecular formula is C37H53NO12. The highest BCUT2D eigenvalue weighted by Gasteiger charge is 2.48. The highest BCUT2D eigenvalue weighted by molar-refractivity contribution is 6.12. The molecule has 2 heterocycles. The number of hydrogen-bond acceptors (Lipinski definition) is 11. The van der Waals surface area contributed by atoms with Crippen LogP contribution in [0.2, 0.25) is 0 Å². The van der Waals surface area contributed by atoms with Crippen molar-refractivity contribution in [3.63, 3.8) is 0 Å². The maximum atomic E-state index is 12.3. The van der Waals surface area contributed by atoms with Crippen LogP contribution < -0.4 is 4.74 Å². The summed E-state index contributed by atoms with van der Waals surface area (Å²) in [6.07, 6.45) is 2.61. The predicted octanol–water partition coefficient (Wildman–Crippen LogP) is 3.42. The molecule has 2 aliphatic heterocycles. The lowest BCUT2D eigenvalue weighted by Crippen LogP contribution is -2.61. The maximum absolute atomic E-state index is 12.3. The normalized spacial score (nSPS) is 22.3. The van der Waals surface area contributed by atoms with E-state index in [1.54, 1.807) is 32.9 Å². The van der Waals surface area contributed by atoms with E-state index in [4.69, 9.17) is 14.2 Å². The summed E-state index contributed by atoms with van der Waals surface area (Å²) in [5.41, 5.74) is 0.783. The molecule has 5 atom stereocenters. The largest absolute Gasteiger partial charge is 0.479 e. The second-order valence-electron chi connectivity index (χ2n) is 13.7. The van der Waals surface area contributed by atoms with Gasteiger partial charge >= 0.3 is 5.97 Å². The molecule has 0 unspecified atom stereocenters. The number of aliphatic hydroxyl groups excluding tert-OH is 3. The van der Waals surface area contributed by atoms with Gasteiger partial charge in [-0.1, -0.05) is 58.6 Å². The fraction of sp³-hybridized carbons (Fsp3) is 0.649. The number of ketones is 2. The first-order valence-electron chi connectivity index (χ1n) is 17.6. The highest BCUT2D eigenvalue weighted by atomic mass is 16.7. The van der Waals surface area contributed by atoms with Crippen LogP contribution in [0.5, 0.6) is 5.75 Å². The molecular weight excluding hydrogens is 650 g/mol. The van der Waals surface area contributed by atoms with Crippen LogP contribution in [0.3, 0.4) is 0 Å². The summed E-state index contributed by atoms with van der Waals surface area (Å²) in [4.78, 5) is 60.5. The van der Waals surface area contributed by atoms with Crippen LogP contribution in [0.4, 0.5) is 0 Å². The average molecular weight is 704 g/mol. The fourth-order valence-corrected chi connectivity index (χ4v) is 5.96. The molecule has 1 aromatic carbocycles. The van der Waals surface area contributed by atoms with Gasteiger partial charge in [0.25, 0.3) is 11.8 Å². The molecule has 0 saturated carbocycles. The number of rotatable bonds is 23. The van der Waals surface area contributed by atoms with Crippen molar-refractivity contribution in [1.29, 1.82) is 0 Å². The minimum Gasteiger partial charge on any atom is -0.479 e. The molecule has 1 saturated heterocycles. The third kappa shape index (κ3) is 12.1. The van der Waals surface area contributed by atoms with E-state index < -0.39 is 42.1 Å². The van der Waals surface area contributed by atoms with Gasteiger partial charge in [-0.25, -0.2) is 4.79 Å². The van der Waals surface area contributed by atoms with Gasteiger partial charge < -0.3 is 34.6 Å². The molecule has 2 amide bonds. The number of imide groups is 1. The predicted molar refractivity (Wildman–Crippen MR) is 181 cm³/mol. The topological polar surface area (TPSA) is 197 Å². The molecule has 1 fully saturated rings. The zero-order valence-corrected chi connectivity index (χ0v) is 29.4. The van der Waals surface area contributed by atoms with Crippen molar-refractivity contribution in [3.8, 4) is 5.75 Å². The fourth-order valence-electron chi connectivity index (χ4n) is 5.96. The first kappa shape index (κ1) is 40.9. The molecule has 13 nitrogen and oxygen atoms in total. The summed E-state index contributed by atoms with van der Waals surface area (Å²) in [5.74, 6) is -1.54. The van der Waals surface area contributed by atoms with Crippen LogP contribution in [0.15, 0.2) is 30.4 Å². The Morgan fingerprint density at radius 2 is 1.48 bits per heavy atom. The Bertz CT molecular complexity index is 1340. The molecule has 0 aliphatic carbocycles. The molecule has 278 valence electrons. The Morgan fingerprint density at radius 3 is 2.12 bits per heavy atom. The number of carbonyl (C=O) groups excluding carboxylic acids is 4. The van der Waals surface area contributed by atoms with Gasteiger partial charge in [0.05, 0.1) is 13.2 Å². The van der Waals surface area contributed by atoms with Gasteiger partial charge in [-0.05, 0) is 43.7 Å². The van der Waals surface area contributed by atoms with Gasteiger partial charge in [0, 0.05) is 48.9 Å². The van der Waals surface area contributed by atoms with Crippen molar-refractivity contribution in [1.82, 2.24) is 4.90 Å². The average Bonchev–Trinajstić information content (AvgIpc) is 3.40. The van der Waals surface area contributed by atoms with Gasteiger partial charge in [0.2, 0.25) is 6.29 Å². The van der Waals surface area contributed by atoms with Crippen molar-refractivity contribution >= 4 is 29.4 Å². The molecule has 0 bridgehead atoms. The van der Waals surface area contributed by atoms with E-state index in [1.807, 2.05) is 6.07 Å². The number of Topliss-reactive ketones (excluding diaryl/α,β-unsaturated/α-hetero) is 2. The summed E-state index contributed by atoms with van der Waals surface area (Å²) >= 11 is 0. The lowest BCUT2D eigenvalue weighted by molar-refractivity contribution is -0.271. The van der Waals surface area contributed by atoms with E-state index in [0.29, 0.717) is 44.2 Å². The second kappa shape index (κ2) is 19.8. The number of aryl methyl sites for hydroxylation is 1. The number of hydrogen-bond donors (Lipinski definition) is 4. The first-order chi connectivity index (χ1) is 23.7. The summed E-state index contributed by atoms with van der Waals surface area (Å²) in [7, 11) is 0. The van der Waals surface area contributed by atoms with E-state index in [9.17, 15) is 44.4 Å². The summed E-state index contributed by atoms with van der Waals surface area (Å²) in [6.45, 7) is 5.99. The van der Waals surface area contributed by atoms with Gasteiger partial charge in [-0.2, -0.15) is 0 Å². The number of amides is 2. The molecule has 0 radical (unpaired) electrons. The molecule has 50 heavy (non-hydrogen) atoms. The van der Waals surface area contributed by atoms with E-state index in [-0.39, 0.29) is 42.3 Å². The third-order valence-corrected chi connectivity index (χ3v) is 9.14. The zero-order chi connectivity index (χ0) is 36.8. The number of unbranched alkanes of at least 4 members (excludes halogenated alkanes) is 6. The van der Waals surface area contributed by atoms with Crippen LogP contribution in [-0.2, 0) is 46.5 Å². The number of aliphatic hydroxyl groups is 3. The quantitative estimate of drug-likeness (QED) is 0.0959. The Morgan fingerprint density at radius 1 is 0.860 bits per heavy atom. The minimum absolute atomic E-state index is 0.0553. The number of benzene rings is 1. The van der Waals surface area contributed by atoms with E-state index >= 15 is 0 Å². The number of nitrogens with zero attached hydrogens (tertiary/aromatic N) is 1. The number of carboxylic acids is 1. The van der Waals surface area contributed by atoms with Crippen LogP contribution in [0.25, 0.3) is 0 Å². The van der Waals surface area contributed by atoms with Gasteiger partial charge in [-0.15, -0.1) is 0 Å². The Labute approximate surface area is 293 Å². The maximum Gasteiger partial charge on any atom is 0.335 e. The standard InChI is InChI=1S/C37H53NO12/c1-4-28(40)37(2,3)23-48-22-25-17-16-24(21-27(25)49-36-33(45)31(43)32(44)34(50-36)35(46)47)13-9-6-5-7-10-14-26(39)15-11-8-12-20-38-29(41)18-19-30(38)42/h16-19,21,31-34,36,43-45H,4-15,20,22-23H2,1-3H3,(H,46,47)/t31-,32-,33+,34-,36+/m0/s1. The second-order valence-corrected chi connectivity index (χ2v) is 13.7.